The van der Waals surface area contributed by atoms with Crippen molar-refractivity contribution in [2.45, 2.75) is 0 Å². The Hall–Kier alpha value is -2.60. The second-order valence-corrected chi connectivity index (χ2v) is 6.94. The molecule has 2 heterocycles. The summed E-state index contributed by atoms with van der Waals surface area (Å²) >= 11 is 11.6. The van der Waals surface area contributed by atoms with Crippen LogP contribution in [-0.2, 0) is 0 Å². The van der Waals surface area contributed by atoms with Crippen LogP contribution >= 0.6 is 23.2 Å². The van der Waals surface area contributed by atoms with Gasteiger partial charge in [-0.3, -0.25) is 10.8 Å². The number of aromatic nitrogens is 2. The largest absolute Gasteiger partial charge is 4.00 e. The van der Waals surface area contributed by atoms with Crippen LogP contribution in [0.1, 0.15) is 11.1 Å². The van der Waals surface area contributed by atoms with Gasteiger partial charge in [0.2, 0.25) is 0 Å². The summed E-state index contributed by atoms with van der Waals surface area (Å²) in [4.78, 5) is 0. The van der Waals surface area contributed by atoms with Crippen molar-refractivity contribution in [1.82, 2.24) is 9.46 Å². The molecule has 0 saturated carbocycles. The van der Waals surface area contributed by atoms with Gasteiger partial charge in [-0.15, -0.1) is 0 Å². The summed E-state index contributed by atoms with van der Waals surface area (Å²) in [6, 6.07) is 16.4. The van der Waals surface area contributed by atoms with E-state index in [4.69, 9.17) is 44.5 Å². The Morgan fingerprint density at radius 2 is 1.03 bits per heavy atom. The fourth-order valence-electron chi connectivity index (χ4n) is 2.76. The number of rotatable bonds is 0. The van der Waals surface area contributed by atoms with Gasteiger partial charge in [0.1, 0.15) is 12.1 Å². The van der Waals surface area contributed by atoms with Gasteiger partial charge in [0.15, 0.2) is 11.0 Å². The second-order valence-electron chi connectivity index (χ2n) is 6.07. The van der Waals surface area contributed by atoms with Crippen LogP contribution in [0.3, 0.4) is 0 Å². The Balaban J connectivity index is 0.000000569. The van der Waals surface area contributed by atoms with Gasteiger partial charge in [-0.2, -0.15) is 20.0 Å². The number of benzene rings is 2. The van der Waals surface area contributed by atoms with E-state index in [0.717, 1.165) is 0 Å². The molecular formula is C20H12Cl4N6O2Sn+2. The van der Waals surface area contributed by atoms with Crippen LogP contribution in [0.5, 0.6) is 0 Å². The molecule has 0 radical (unpaired) electrons. The topological polar surface area (TPSA) is 146 Å². The van der Waals surface area contributed by atoms with Crippen LogP contribution in [0, 0.1) is 33.5 Å². The standard InChI is InChI=1S/2C10H6ClN3O.2ClH.Sn/c2*11-8-1-2-9-6(4-8)3-7(5-12)10(13)14(9)15;;;/h2*1-4,13,15H;2*1H;/q;;;;+4/p-2. The number of halogens is 4. The molecule has 33 heavy (non-hydrogen) atoms. The summed E-state index contributed by atoms with van der Waals surface area (Å²) in [6.07, 6.45) is 0. The van der Waals surface area contributed by atoms with E-state index in [1.54, 1.807) is 36.4 Å². The van der Waals surface area contributed by atoms with Crippen LogP contribution in [0.2, 0.25) is 10.0 Å². The van der Waals surface area contributed by atoms with E-state index in [1.165, 1.54) is 12.1 Å². The van der Waals surface area contributed by atoms with Gasteiger partial charge in [0, 0.05) is 20.8 Å². The number of nitriles is 2. The Labute approximate surface area is 226 Å². The minimum Gasteiger partial charge on any atom is -1.00 e. The maximum Gasteiger partial charge on any atom is 4.00 e. The molecule has 0 aliphatic rings. The summed E-state index contributed by atoms with van der Waals surface area (Å²) < 4.78 is 1.34. The zero-order chi connectivity index (χ0) is 22.0. The van der Waals surface area contributed by atoms with Crippen LogP contribution in [-0.4, -0.2) is 43.8 Å². The Morgan fingerprint density at radius 1 is 0.697 bits per heavy atom. The molecule has 2 aromatic heterocycles. The molecule has 13 heteroatoms. The van der Waals surface area contributed by atoms with Crippen molar-refractivity contribution in [2.75, 3.05) is 0 Å². The van der Waals surface area contributed by atoms with Gasteiger partial charge in [0.05, 0.1) is 22.2 Å². The van der Waals surface area contributed by atoms with Gasteiger partial charge >= 0.3 is 23.9 Å². The van der Waals surface area contributed by atoms with Crippen molar-refractivity contribution in [3.63, 3.8) is 0 Å². The van der Waals surface area contributed by atoms with Crippen LogP contribution in [0.25, 0.3) is 21.8 Å². The maximum absolute atomic E-state index is 9.60. The van der Waals surface area contributed by atoms with Crippen molar-refractivity contribution >= 4 is 68.9 Å². The molecule has 2 aromatic carbocycles. The predicted molar refractivity (Wildman–Crippen MR) is 115 cm³/mol. The third kappa shape index (κ3) is 6.26. The second kappa shape index (κ2) is 12.6. The molecule has 0 bridgehead atoms. The smallest absolute Gasteiger partial charge is 1.00 e. The first kappa shape index (κ1) is 30.4. The van der Waals surface area contributed by atoms with Gasteiger partial charge in [-0.05, 0) is 48.5 Å². The van der Waals surface area contributed by atoms with Crippen molar-refractivity contribution in [1.29, 1.82) is 21.3 Å². The van der Waals surface area contributed by atoms with Crippen molar-refractivity contribution in [3.8, 4) is 12.1 Å². The molecule has 0 saturated heterocycles. The third-order valence-electron chi connectivity index (χ3n) is 4.21. The molecule has 0 spiro atoms. The van der Waals surface area contributed by atoms with E-state index in [2.05, 4.69) is 0 Å². The minimum atomic E-state index is -0.229. The number of nitrogens with one attached hydrogen (secondary N) is 2. The number of hydrogen-bond donors (Lipinski definition) is 4. The molecule has 0 unspecified atom stereocenters. The van der Waals surface area contributed by atoms with E-state index >= 15 is 0 Å². The normalized spacial score (nSPS) is 9.21. The molecular weight excluding hydrogens is 617 g/mol. The fourth-order valence-corrected chi connectivity index (χ4v) is 3.12. The minimum absolute atomic E-state index is 0. The summed E-state index contributed by atoms with van der Waals surface area (Å²) in [5, 5.41) is 53.9. The van der Waals surface area contributed by atoms with E-state index in [1.807, 2.05) is 12.1 Å². The summed E-state index contributed by atoms with van der Waals surface area (Å²) in [5.74, 6) is 0. The van der Waals surface area contributed by atoms with Crippen LogP contribution in [0.15, 0.2) is 48.5 Å². The molecule has 4 rings (SSSR count). The number of fused-ring (bicyclic) bond motifs is 2. The van der Waals surface area contributed by atoms with E-state index in [0.29, 0.717) is 41.3 Å². The predicted octanol–water partition coefficient (Wildman–Crippen LogP) is -2.61. The average Bonchev–Trinajstić information content (AvgIpc) is 2.73. The number of pyridine rings is 2. The first-order valence-electron chi connectivity index (χ1n) is 8.25. The van der Waals surface area contributed by atoms with Gasteiger partial charge in [-0.25, -0.2) is 0 Å². The molecule has 4 N–H and O–H groups in total. The third-order valence-corrected chi connectivity index (χ3v) is 4.68. The molecule has 0 aliphatic carbocycles. The molecule has 0 aliphatic heterocycles. The van der Waals surface area contributed by atoms with Crippen LogP contribution < -0.4 is 35.8 Å². The quantitative estimate of drug-likeness (QED) is 0.125. The molecule has 4 aromatic rings. The van der Waals surface area contributed by atoms with Crippen molar-refractivity contribution < 1.29 is 35.2 Å². The molecule has 0 amide bonds. The fraction of sp³-hybridized carbons (Fsp3) is 0. The first-order chi connectivity index (χ1) is 14.3. The summed E-state index contributed by atoms with van der Waals surface area (Å²) in [5.41, 5.74) is 0.644. The van der Waals surface area contributed by atoms with Crippen molar-refractivity contribution in [2.24, 2.45) is 0 Å². The summed E-state index contributed by atoms with van der Waals surface area (Å²) in [7, 11) is 0. The van der Waals surface area contributed by atoms with E-state index < -0.39 is 0 Å². The van der Waals surface area contributed by atoms with Crippen molar-refractivity contribution in [3.05, 3.63) is 80.7 Å². The Kier molecular flexibility index (Phi) is 11.6. The molecule has 164 valence electrons. The van der Waals surface area contributed by atoms with Gasteiger partial charge < -0.3 is 35.2 Å². The monoisotopic (exact) mass is 628 g/mol. The first-order valence-corrected chi connectivity index (χ1v) is 9.01. The van der Waals surface area contributed by atoms with E-state index in [-0.39, 0.29) is 70.8 Å². The SMILES string of the molecule is N#Cc1cc2cc(Cl)ccc2n(O)c1=N.N#Cc1cc2cc(Cl)ccc2n(O)c1=N.[Cl-].[Cl-].[Sn+4]. The van der Waals surface area contributed by atoms with Gasteiger partial charge in [0.25, 0.3) is 0 Å². The molecule has 0 atom stereocenters. The van der Waals surface area contributed by atoms with Gasteiger partial charge in [-0.1, -0.05) is 23.2 Å². The van der Waals surface area contributed by atoms with E-state index in [9.17, 15) is 10.4 Å². The summed E-state index contributed by atoms with van der Waals surface area (Å²) in [6.45, 7) is 0. The number of nitrogens with zero attached hydrogens (tertiary/aromatic N) is 4. The molecule has 8 nitrogen and oxygen atoms in total. The zero-order valence-electron chi connectivity index (χ0n) is 16.3. The Bertz CT molecular complexity index is 1410. The molecule has 0 fully saturated rings. The average molecular weight is 629 g/mol. The number of hydrogen-bond acceptors (Lipinski definition) is 6. The van der Waals surface area contributed by atoms with Crippen LogP contribution in [0.4, 0.5) is 0 Å². The maximum atomic E-state index is 9.60. The Morgan fingerprint density at radius 3 is 1.33 bits per heavy atom. The zero-order valence-corrected chi connectivity index (χ0v) is 22.2.